The third-order valence-corrected chi connectivity index (χ3v) is 3.91. The summed E-state index contributed by atoms with van der Waals surface area (Å²) in [5, 5.41) is 3.46. The van der Waals surface area contributed by atoms with Gasteiger partial charge in [0.05, 0.1) is 5.56 Å². The number of alkyl halides is 3. The first-order chi connectivity index (χ1) is 9.04. The summed E-state index contributed by atoms with van der Waals surface area (Å²) < 4.78 is 39.0. The fraction of sp³-hybridized carbons (Fsp3) is 0.615. The molecule has 0 amide bonds. The Balaban J connectivity index is 1.89. The molecule has 0 aromatic carbocycles. The Bertz CT molecular complexity index is 461. The molecule has 3 nitrogen and oxygen atoms in total. The molecule has 104 valence electrons. The van der Waals surface area contributed by atoms with Crippen LogP contribution in [0, 0.1) is 0 Å². The topological polar surface area (TPSA) is 28.2 Å². The SMILES string of the molecule is FC(F)(F)c1cccnc1N1CCC2CCC(C1)N2. The van der Waals surface area contributed by atoms with Crippen LogP contribution in [-0.4, -0.2) is 30.2 Å². The van der Waals surface area contributed by atoms with Gasteiger partial charge in [-0.1, -0.05) is 0 Å². The maximum atomic E-state index is 13.0. The minimum Gasteiger partial charge on any atom is -0.354 e. The normalized spacial score (nSPS) is 27.4. The summed E-state index contributed by atoms with van der Waals surface area (Å²) in [7, 11) is 0. The second kappa shape index (κ2) is 4.67. The summed E-state index contributed by atoms with van der Waals surface area (Å²) in [6, 6.07) is 3.19. The van der Waals surface area contributed by atoms with Crippen LogP contribution < -0.4 is 10.2 Å². The maximum absolute atomic E-state index is 13.0. The predicted molar refractivity (Wildman–Crippen MR) is 66.0 cm³/mol. The van der Waals surface area contributed by atoms with Gasteiger partial charge in [0, 0.05) is 31.4 Å². The highest BCUT2D eigenvalue weighted by molar-refractivity contribution is 5.48. The number of nitrogens with zero attached hydrogens (tertiary/aromatic N) is 2. The molecular weight excluding hydrogens is 255 g/mol. The third-order valence-electron chi connectivity index (χ3n) is 3.91. The zero-order valence-corrected chi connectivity index (χ0v) is 10.5. The quantitative estimate of drug-likeness (QED) is 0.850. The lowest BCUT2D eigenvalue weighted by molar-refractivity contribution is -0.137. The number of fused-ring (bicyclic) bond motifs is 2. The molecule has 0 spiro atoms. The van der Waals surface area contributed by atoms with Gasteiger partial charge in [0.15, 0.2) is 0 Å². The molecule has 2 unspecified atom stereocenters. The van der Waals surface area contributed by atoms with E-state index in [1.165, 1.54) is 12.3 Å². The van der Waals surface area contributed by atoms with E-state index in [9.17, 15) is 13.2 Å². The molecule has 1 N–H and O–H groups in total. The molecule has 3 rings (SSSR count). The average Bonchev–Trinajstić information content (AvgIpc) is 2.68. The lowest BCUT2D eigenvalue weighted by Gasteiger charge is -2.27. The number of hydrogen-bond donors (Lipinski definition) is 1. The Kier molecular flexibility index (Phi) is 3.12. The summed E-state index contributed by atoms with van der Waals surface area (Å²) in [4.78, 5) is 5.75. The van der Waals surface area contributed by atoms with Crippen molar-refractivity contribution in [3.8, 4) is 0 Å². The van der Waals surface area contributed by atoms with Gasteiger partial charge in [-0.2, -0.15) is 13.2 Å². The van der Waals surface area contributed by atoms with Crippen LogP contribution in [0.1, 0.15) is 24.8 Å². The molecule has 19 heavy (non-hydrogen) atoms. The fourth-order valence-electron chi connectivity index (χ4n) is 3.01. The van der Waals surface area contributed by atoms with Crippen molar-refractivity contribution in [2.45, 2.75) is 37.5 Å². The van der Waals surface area contributed by atoms with Crippen LogP contribution in [0.5, 0.6) is 0 Å². The van der Waals surface area contributed by atoms with Gasteiger partial charge in [0.2, 0.25) is 0 Å². The Morgan fingerprint density at radius 3 is 2.79 bits per heavy atom. The van der Waals surface area contributed by atoms with E-state index in [0.717, 1.165) is 25.3 Å². The molecule has 2 bridgehead atoms. The Labute approximate surface area is 109 Å². The fourth-order valence-corrected chi connectivity index (χ4v) is 3.01. The van der Waals surface area contributed by atoms with Gasteiger partial charge >= 0.3 is 6.18 Å². The highest BCUT2D eigenvalue weighted by Gasteiger charge is 2.37. The van der Waals surface area contributed by atoms with E-state index in [2.05, 4.69) is 10.3 Å². The highest BCUT2D eigenvalue weighted by atomic mass is 19.4. The van der Waals surface area contributed by atoms with Crippen molar-refractivity contribution in [2.75, 3.05) is 18.0 Å². The predicted octanol–water partition coefficient (Wildman–Crippen LogP) is 2.43. The number of hydrogen-bond acceptors (Lipinski definition) is 3. The van der Waals surface area contributed by atoms with Crippen LogP contribution in [0.25, 0.3) is 0 Å². The summed E-state index contributed by atoms with van der Waals surface area (Å²) in [5.41, 5.74) is -0.632. The van der Waals surface area contributed by atoms with Crippen LogP contribution in [0.3, 0.4) is 0 Å². The average molecular weight is 271 g/mol. The van der Waals surface area contributed by atoms with Crippen molar-refractivity contribution in [3.63, 3.8) is 0 Å². The van der Waals surface area contributed by atoms with E-state index < -0.39 is 11.7 Å². The van der Waals surface area contributed by atoms with Gasteiger partial charge in [-0.3, -0.25) is 0 Å². The molecule has 2 aliphatic rings. The smallest absolute Gasteiger partial charge is 0.354 e. The van der Waals surface area contributed by atoms with E-state index >= 15 is 0 Å². The monoisotopic (exact) mass is 271 g/mol. The molecule has 2 fully saturated rings. The van der Waals surface area contributed by atoms with Crippen molar-refractivity contribution in [2.24, 2.45) is 0 Å². The Morgan fingerprint density at radius 1 is 1.21 bits per heavy atom. The van der Waals surface area contributed by atoms with Crippen molar-refractivity contribution >= 4 is 5.82 Å². The van der Waals surface area contributed by atoms with Crippen molar-refractivity contribution in [1.82, 2.24) is 10.3 Å². The first-order valence-electron chi connectivity index (χ1n) is 6.57. The minimum absolute atomic E-state index is 0.0735. The van der Waals surface area contributed by atoms with Crippen molar-refractivity contribution < 1.29 is 13.2 Å². The Morgan fingerprint density at radius 2 is 2.00 bits per heavy atom. The van der Waals surface area contributed by atoms with E-state index in [4.69, 9.17) is 0 Å². The number of halogens is 3. The van der Waals surface area contributed by atoms with E-state index in [1.54, 1.807) is 4.90 Å². The first-order valence-corrected chi connectivity index (χ1v) is 6.57. The molecule has 0 radical (unpaired) electrons. The van der Waals surface area contributed by atoms with Crippen LogP contribution in [0.4, 0.5) is 19.0 Å². The zero-order chi connectivity index (χ0) is 13.5. The largest absolute Gasteiger partial charge is 0.419 e. The molecule has 0 aliphatic carbocycles. The number of anilines is 1. The van der Waals surface area contributed by atoms with Gasteiger partial charge in [-0.05, 0) is 31.4 Å². The van der Waals surface area contributed by atoms with Gasteiger partial charge in [-0.15, -0.1) is 0 Å². The second-order valence-electron chi connectivity index (χ2n) is 5.24. The number of aromatic nitrogens is 1. The number of pyridine rings is 1. The van der Waals surface area contributed by atoms with Gasteiger partial charge < -0.3 is 10.2 Å². The highest BCUT2D eigenvalue weighted by Crippen LogP contribution is 2.36. The van der Waals surface area contributed by atoms with Crippen molar-refractivity contribution in [3.05, 3.63) is 23.9 Å². The molecule has 1 aromatic rings. The molecule has 2 aliphatic heterocycles. The standard InChI is InChI=1S/C13H16F3N3/c14-13(15,16)11-2-1-6-17-12(11)19-7-5-9-3-4-10(8-19)18-9/h1-2,6,9-10,18H,3-5,7-8H2. The van der Waals surface area contributed by atoms with Gasteiger partial charge in [-0.25, -0.2) is 4.98 Å². The van der Waals surface area contributed by atoms with Crippen LogP contribution in [0.15, 0.2) is 18.3 Å². The second-order valence-corrected chi connectivity index (χ2v) is 5.24. The Hall–Kier alpha value is -1.30. The molecule has 2 atom stereocenters. The van der Waals surface area contributed by atoms with Gasteiger partial charge in [0.1, 0.15) is 5.82 Å². The van der Waals surface area contributed by atoms with Gasteiger partial charge in [0.25, 0.3) is 0 Å². The van der Waals surface area contributed by atoms with Crippen LogP contribution in [0.2, 0.25) is 0 Å². The van der Waals surface area contributed by atoms with E-state index in [0.29, 0.717) is 19.1 Å². The van der Waals surface area contributed by atoms with Crippen LogP contribution in [-0.2, 0) is 6.18 Å². The van der Waals surface area contributed by atoms with E-state index in [1.807, 2.05) is 0 Å². The summed E-state index contributed by atoms with van der Waals surface area (Å²) >= 11 is 0. The molecule has 6 heteroatoms. The van der Waals surface area contributed by atoms with E-state index in [-0.39, 0.29) is 11.9 Å². The summed E-state index contributed by atoms with van der Waals surface area (Å²) in [6.45, 7) is 1.24. The van der Waals surface area contributed by atoms with Crippen LogP contribution >= 0.6 is 0 Å². The molecular formula is C13H16F3N3. The third kappa shape index (κ3) is 2.54. The first kappa shape index (κ1) is 12.7. The molecule has 3 heterocycles. The maximum Gasteiger partial charge on any atom is 0.419 e. The lowest BCUT2D eigenvalue weighted by atomic mass is 10.1. The zero-order valence-electron chi connectivity index (χ0n) is 10.5. The molecule has 0 saturated carbocycles. The summed E-state index contributed by atoms with van der Waals surface area (Å²) in [5.74, 6) is 0.0735. The minimum atomic E-state index is -4.34. The lowest BCUT2D eigenvalue weighted by Crippen LogP contribution is -2.36. The number of rotatable bonds is 1. The van der Waals surface area contributed by atoms with Crippen molar-refractivity contribution in [1.29, 1.82) is 0 Å². The molecule has 2 saturated heterocycles. The number of nitrogens with one attached hydrogen (secondary N) is 1. The summed E-state index contributed by atoms with van der Waals surface area (Å²) in [6.07, 6.45) is 0.135. The molecule has 1 aromatic heterocycles.